The molecule has 106 valence electrons. The predicted octanol–water partition coefficient (Wildman–Crippen LogP) is 1.20. The SMILES string of the molecule is CN1C(=O)C(=O)c2ccc(N(CCO)C3CCC3)cc21. The second-order valence-corrected chi connectivity index (χ2v) is 5.40. The van der Waals surface area contributed by atoms with Gasteiger partial charge in [0.25, 0.3) is 11.7 Å². The summed E-state index contributed by atoms with van der Waals surface area (Å²) in [6.45, 7) is 0.677. The van der Waals surface area contributed by atoms with E-state index in [0.29, 0.717) is 23.8 Å². The zero-order valence-electron chi connectivity index (χ0n) is 11.5. The van der Waals surface area contributed by atoms with Crippen LogP contribution in [0.1, 0.15) is 29.6 Å². The Bertz CT molecular complexity index is 566. The fourth-order valence-electron chi connectivity index (χ4n) is 2.87. The Hall–Kier alpha value is -1.88. The lowest BCUT2D eigenvalue weighted by atomic mass is 9.91. The normalized spacial score (nSPS) is 18.2. The Balaban J connectivity index is 1.95. The molecule has 1 heterocycles. The number of benzene rings is 1. The van der Waals surface area contributed by atoms with Crippen LogP contribution < -0.4 is 9.80 Å². The van der Waals surface area contributed by atoms with Gasteiger partial charge in [-0.3, -0.25) is 9.59 Å². The first-order chi connectivity index (χ1) is 9.63. The summed E-state index contributed by atoms with van der Waals surface area (Å²) in [6, 6.07) is 5.93. The molecule has 1 aromatic carbocycles. The van der Waals surface area contributed by atoms with E-state index in [0.717, 1.165) is 18.5 Å². The Kier molecular flexibility index (Phi) is 3.22. The molecule has 2 aliphatic rings. The number of ketones is 1. The van der Waals surface area contributed by atoms with E-state index in [1.54, 1.807) is 13.1 Å². The summed E-state index contributed by atoms with van der Waals surface area (Å²) < 4.78 is 0. The molecule has 0 saturated heterocycles. The highest BCUT2D eigenvalue weighted by Gasteiger charge is 2.34. The van der Waals surface area contributed by atoms with Gasteiger partial charge in [0.15, 0.2) is 0 Å². The Labute approximate surface area is 117 Å². The number of carbonyl (C=O) groups excluding carboxylic acids is 2. The van der Waals surface area contributed by atoms with Crippen LogP contribution in [0, 0.1) is 0 Å². The molecule has 1 aromatic rings. The van der Waals surface area contributed by atoms with Crippen molar-refractivity contribution in [1.82, 2.24) is 0 Å². The van der Waals surface area contributed by atoms with E-state index in [2.05, 4.69) is 4.90 Å². The molecule has 1 aliphatic carbocycles. The maximum absolute atomic E-state index is 11.8. The Morgan fingerprint density at radius 3 is 2.70 bits per heavy atom. The molecular weight excluding hydrogens is 256 g/mol. The molecule has 20 heavy (non-hydrogen) atoms. The number of hydrogen-bond donors (Lipinski definition) is 1. The molecule has 1 fully saturated rings. The summed E-state index contributed by atoms with van der Waals surface area (Å²) in [6.07, 6.45) is 3.48. The first-order valence-corrected chi connectivity index (χ1v) is 6.97. The largest absolute Gasteiger partial charge is 0.395 e. The van der Waals surface area contributed by atoms with E-state index in [-0.39, 0.29) is 6.61 Å². The minimum Gasteiger partial charge on any atom is -0.395 e. The lowest BCUT2D eigenvalue weighted by Crippen LogP contribution is -2.42. The molecular formula is C15H18N2O3. The van der Waals surface area contributed by atoms with Crippen molar-refractivity contribution in [1.29, 1.82) is 0 Å². The third kappa shape index (κ3) is 1.89. The number of carbonyl (C=O) groups is 2. The van der Waals surface area contributed by atoms with Crippen LogP contribution in [0.25, 0.3) is 0 Å². The minimum atomic E-state index is -0.477. The average Bonchev–Trinajstić information content (AvgIpc) is 2.61. The third-order valence-corrected chi connectivity index (χ3v) is 4.27. The first-order valence-electron chi connectivity index (χ1n) is 6.97. The van der Waals surface area contributed by atoms with E-state index >= 15 is 0 Å². The monoisotopic (exact) mass is 274 g/mol. The van der Waals surface area contributed by atoms with E-state index in [1.807, 2.05) is 12.1 Å². The highest BCUT2D eigenvalue weighted by molar-refractivity contribution is 6.52. The van der Waals surface area contributed by atoms with Gasteiger partial charge in [-0.1, -0.05) is 0 Å². The lowest BCUT2D eigenvalue weighted by molar-refractivity contribution is -0.114. The molecule has 5 heteroatoms. The van der Waals surface area contributed by atoms with Crippen molar-refractivity contribution in [3.05, 3.63) is 23.8 Å². The van der Waals surface area contributed by atoms with Crippen molar-refractivity contribution in [2.45, 2.75) is 25.3 Å². The number of aliphatic hydroxyl groups excluding tert-OH is 1. The van der Waals surface area contributed by atoms with E-state index in [9.17, 15) is 14.7 Å². The summed E-state index contributed by atoms with van der Waals surface area (Å²) in [7, 11) is 1.62. The summed E-state index contributed by atoms with van der Waals surface area (Å²) in [4.78, 5) is 27.0. The zero-order chi connectivity index (χ0) is 14.3. The number of likely N-dealkylation sites (N-methyl/N-ethyl adjacent to an activating group) is 1. The number of Topliss-reactive ketones (excluding diaryl/α,β-unsaturated/α-hetero) is 1. The number of nitrogens with zero attached hydrogens (tertiary/aromatic N) is 2. The van der Waals surface area contributed by atoms with Crippen molar-refractivity contribution in [3.63, 3.8) is 0 Å². The molecule has 3 rings (SSSR count). The van der Waals surface area contributed by atoms with Gasteiger partial charge in [-0.2, -0.15) is 0 Å². The van der Waals surface area contributed by atoms with Crippen LogP contribution in [0.2, 0.25) is 0 Å². The topological polar surface area (TPSA) is 60.9 Å². The number of hydrogen-bond acceptors (Lipinski definition) is 4. The molecule has 0 atom stereocenters. The number of aliphatic hydroxyl groups is 1. The van der Waals surface area contributed by atoms with Gasteiger partial charge in [-0.25, -0.2) is 0 Å². The van der Waals surface area contributed by atoms with Crippen molar-refractivity contribution in [3.8, 4) is 0 Å². The van der Waals surface area contributed by atoms with Gasteiger partial charge in [0, 0.05) is 25.3 Å². The Morgan fingerprint density at radius 1 is 1.35 bits per heavy atom. The predicted molar refractivity (Wildman–Crippen MR) is 76.3 cm³/mol. The molecule has 1 N–H and O–H groups in total. The standard InChI is InChI=1S/C15H18N2O3/c1-16-13-9-11(5-6-12(13)14(19)15(16)20)17(7-8-18)10-3-2-4-10/h5-6,9-10,18H,2-4,7-8H2,1H3. The van der Waals surface area contributed by atoms with Crippen LogP contribution in [-0.4, -0.2) is 43.0 Å². The van der Waals surface area contributed by atoms with Gasteiger partial charge in [0.1, 0.15) is 0 Å². The minimum absolute atomic E-state index is 0.0985. The third-order valence-electron chi connectivity index (χ3n) is 4.27. The van der Waals surface area contributed by atoms with Gasteiger partial charge < -0.3 is 14.9 Å². The second kappa shape index (κ2) is 4.90. The smallest absolute Gasteiger partial charge is 0.299 e. The molecule has 0 aromatic heterocycles. The van der Waals surface area contributed by atoms with E-state index in [4.69, 9.17) is 0 Å². The molecule has 0 bridgehead atoms. The van der Waals surface area contributed by atoms with Crippen LogP contribution in [0.3, 0.4) is 0 Å². The average molecular weight is 274 g/mol. The highest BCUT2D eigenvalue weighted by Crippen LogP contribution is 2.35. The maximum atomic E-state index is 11.8. The second-order valence-electron chi connectivity index (χ2n) is 5.40. The van der Waals surface area contributed by atoms with Crippen molar-refractivity contribution in [2.24, 2.45) is 0 Å². The van der Waals surface area contributed by atoms with Crippen LogP contribution in [0.4, 0.5) is 11.4 Å². The van der Waals surface area contributed by atoms with Crippen LogP contribution in [0.15, 0.2) is 18.2 Å². The maximum Gasteiger partial charge on any atom is 0.299 e. The molecule has 1 aliphatic heterocycles. The van der Waals surface area contributed by atoms with E-state index in [1.165, 1.54) is 11.3 Å². The van der Waals surface area contributed by atoms with Crippen molar-refractivity contribution >= 4 is 23.1 Å². The molecule has 0 unspecified atom stereocenters. The zero-order valence-corrected chi connectivity index (χ0v) is 11.5. The van der Waals surface area contributed by atoms with Gasteiger partial charge >= 0.3 is 0 Å². The molecule has 1 amide bonds. The molecule has 1 saturated carbocycles. The highest BCUT2D eigenvalue weighted by atomic mass is 16.3. The van der Waals surface area contributed by atoms with Gasteiger partial charge in [0.2, 0.25) is 0 Å². The number of anilines is 2. The molecule has 0 spiro atoms. The summed E-state index contributed by atoms with van der Waals surface area (Å²) in [5, 5.41) is 9.24. The van der Waals surface area contributed by atoms with Gasteiger partial charge in [-0.05, 0) is 37.5 Å². The quantitative estimate of drug-likeness (QED) is 0.838. The van der Waals surface area contributed by atoms with Gasteiger partial charge in [0.05, 0.1) is 17.9 Å². The molecule has 0 radical (unpaired) electrons. The number of fused-ring (bicyclic) bond motifs is 1. The number of amides is 1. The fraction of sp³-hybridized carbons (Fsp3) is 0.467. The fourth-order valence-corrected chi connectivity index (χ4v) is 2.87. The first kappa shape index (κ1) is 13.1. The molecule has 5 nitrogen and oxygen atoms in total. The van der Waals surface area contributed by atoms with Crippen LogP contribution >= 0.6 is 0 Å². The lowest BCUT2D eigenvalue weighted by Gasteiger charge is -2.39. The van der Waals surface area contributed by atoms with Crippen molar-refractivity contribution in [2.75, 3.05) is 30.0 Å². The number of rotatable bonds is 4. The summed E-state index contributed by atoms with van der Waals surface area (Å²) >= 11 is 0. The van der Waals surface area contributed by atoms with E-state index < -0.39 is 11.7 Å². The van der Waals surface area contributed by atoms with Crippen LogP contribution in [-0.2, 0) is 4.79 Å². The van der Waals surface area contributed by atoms with Crippen LogP contribution in [0.5, 0.6) is 0 Å². The summed E-state index contributed by atoms with van der Waals surface area (Å²) in [5.41, 5.74) is 2.11. The summed E-state index contributed by atoms with van der Waals surface area (Å²) in [5.74, 6) is -0.916. The van der Waals surface area contributed by atoms with Gasteiger partial charge in [-0.15, -0.1) is 0 Å². The van der Waals surface area contributed by atoms with Crippen molar-refractivity contribution < 1.29 is 14.7 Å². The Morgan fingerprint density at radius 2 is 2.10 bits per heavy atom.